The molecular weight excluding hydrogens is 412 g/mol. The fraction of sp³-hybridized carbons (Fsp3) is 0.938. The smallest absolute Gasteiger partial charge is 0.101 e. The average Bonchev–Trinajstić information content (AvgIpc) is 3.24. The van der Waals surface area contributed by atoms with Gasteiger partial charge in [0.25, 0.3) is 0 Å². The standard InChI is InChI=1S/C32H64N2/c1-5-7-9-11-13-14-15-16-17-18-19-20-21-23-25-27-32-33(29-30-34(32)31(3)4)28-26-24-22-12-10-8-6-2/h29-32H,5-28H2,1-4H3. The van der Waals surface area contributed by atoms with Gasteiger partial charge in [0.2, 0.25) is 0 Å². The van der Waals surface area contributed by atoms with Gasteiger partial charge in [0.05, 0.1) is 0 Å². The molecule has 1 heterocycles. The molecule has 0 bridgehead atoms. The van der Waals surface area contributed by atoms with Crippen LogP contribution >= 0.6 is 0 Å². The van der Waals surface area contributed by atoms with Gasteiger partial charge in [-0.25, -0.2) is 0 Å². The van der Waals surface area contributed by atoms with Crippen LogP contribution in [0.4, 0.5) is 0 Å². The van der Waals surface area contributed by atoms with Gasteiger partial charge in [0, 0.05) is 25.0 Å². The Labute approximate surface area is 216 Å². The van der Waals surface area contributed by atoms with E-state index in [2.05, 4.69) is 49.9 Å². The molecule has 0 fully saturated rings. The lowest BCUT2D eigenvalue weighted by atomic mass is 10.0. The van der Waals surface area contributed by atoms with Gasteiger partial charge in [-0.15, -0.1) is 0 Å². The maximum Gasteiger partial charge on any atom is 0.101 e. The van der Waals surface area contributed by atoms with Crippen LogP contribution in [0.1, 0.15) is 175 Å². The zero-order valence-corrected chi connectivity index (χ0v) is 24.2. The van der Waals surface area contributed by atoms with E-state index in [9.17, 15) is 0 Å². The SMILES string of the molecule is CCCCCCCCCCCCCCCCCC1N(CCCCCCCCC)C=CN1C(C)C. The Bertz CT molecular complexity index is 444. The lowest BCUT2D eigenvalue weighted by Crippen LogP contribution is -2.42. The predicted octanol–water partition coefficient (Wildman–Crippen LogP) is 10.8. The van der Waals surface area contributed by atoms with E-state index in [0.717, 1.165) is 0 Å². The minimum absolute atomic E-state index is 0.608. The minimum Gasteiger partial charge on any atom is -0.356 e. The van der Waals surface area contributed by atoms with Crippen molar-refractivity contribution in [3.05, 3.63) is 12.4 Å². The Morgan fingerprint density at radius 1 is 0.500 bits per heavy atom. The molecular formula is C32H64N2. The third-order valence-corrected chi connectivity index (χ3v) is 7.84. The third-order valence-electron chi connectivity index (χ3n) is 7.84. The largest absolute Gasteiger partial charge is 0.356 e. The molecule has 0 N–H and O–H groups in total. The summed E-state index contributed by atoms with van der Waals surface area (Å²) in [6.45, 7) is 10.6. The molecule has 34 heavy (non-hydrogen) atoms. The van der Waals surface area contributed by atoms with Crippen molar-refractivity contribution < 1.29 is 0 Å². The molecule has 1 atom stereocenters. The summed E-state index contributed by atoms with van der Waals surface area (Å²) >= 11 is 0. The van der Waals surface area contributed by atoms with Crippen LogP contribution in [0, 0.1) is 0 Å². The van der Waals surface area contributed by atoms with Gasteiger partial charge in [-0.3, -0.25) is 0 Å². The Hall–Kier alpha value is -0.660. The zero-order chi connectivity index (χ0) is 24.7. The molecule has 0 saturated carbocycles. The Balaban J connectivity index is 2.02. The van der Waals surface area contributed by atoms with Gasteiger partial charge >= 0.3 is 0 Å². The Kier molecular flexibility index (Phi) is 21.0. The van der Waals surface area contributed by atoms with E-state index >= 15 is 0 Å². The van der Waals surface area contributed by atoms with Gasteiger partial charge in [-0.05, 0) is 33.1 Å². The van der Waals surface area contributed by atoms with E-state index in [4.69, 9.17) is 0 Å². The van der Waals surface area contributed by atoms with Gasteiger partial charge < -0.3 is 9.80 Å². The van der Waals surface area contributed by atoms with Crippen molar-refractivity contribution >= 4 is 0 Å². The summed E-state index contributed by atoms with van der Waals surface area (Å²) in [6, 6.07) is 0.608. The minimum atomic E-state index is 0.608. The summed E-state index contributed by atoms with van der Waals surface area (Å²) < 4.78 is 0. The van der Waals surface area contributed by atoms with E-state index in [1.807, 2.05) is 0 Å². The van der Waals surface area contributed by atoms with Crippen molar-refractivity contribution in [2.45, 2.75) is 188 Å². The van der Waals surface area contributed by atoms with Crippen molar-refractivity contribution in [1.82, 2.24) is 9.80 Å². The average molecular weight is 477 g/mol. The summed E-state index contributed by atoms with van der Waals surface area (Å²) in [5.41, 5.74) is 0. The highest BCUT2D eigenvalue weighted by atomic mass is 15.4. The molecule has 0 amide bonds. The zero-order valence-electron chi connectivity index (χ0n) is 24.2. The monoisotopic (exact) mass is 477 g/mol. The quantitative estimate of drug-likeness (QED) is 0.121. The number of hydrogen-bond donors (Lipinski definition) is 0. The summed E-state index contributed by atoms with van der Waals surface area (Å²) in [5.74, 6) is 0. The molecule has 2 nitrogen and oxygen atoms in total. The summed E-state index contributed by atoms with van der Waals surface area (Å²) in [5, 5.41) is 0. The first kappa shape index (κ1) is 31.4. The van der Waals surface area contributed by atoms with Crippen molar-refractivity contribution in [3.63, 3.8) is 0 Å². The van der Waals surface area contributed by atoms with E-state index in [1.54, 1.807) is 0 Å². The van der Waals surface area contributed by atoms with Crippen molar-refractivity contribution in [2.24, 2.45) is 0 Å². The fourth-order valence-electron chi connectivity index (χ4n) is 5.54. The molecule has 1 aliphatic rings. The van der Waals surface area contributed by atoms with Gasteiger partial charge in [0.15, 0.2) is 0 Å². The highest BCUT2D eigenvalue weighted by molar-refractivity contribution is 4.98. The van der Waals surface area contributed by atoms with Crippen LogP contribution in [-0.4, -0.2) is 28.6 Å². The normalized spacial score (nSPS) is 15.9. The van der Waals surface area contributed by atoms with Crippen LogP contribution < -0.4 is 0 Å². The maximum atomic E-state index is 2.65. The molecule has 2 heteroatoms. The molecule has 1 unspecified atom stereocenters. The molecule has 1 aliphatic heterocycles. The van der Waals surface area contributed by atoms with E-state index in [1.165, 1.54) is 154 Å². The molecule has 0 aromatic carbocycles. The van der Waals surface area contributed by atoms with E-state index in [0.29, 0.717) is 12.2 Å². The number of hydrogen-bond acceptors (Lipinski definition) is 2. The van der Waals surface area contributed by atoms with Gasteiger partial charge in [0.1, 0.15) is 6.17 Å². The second-order valence-corrected chi connectivity index (χ2v) is 11.4. The first-order chi connectivity index (χ1) is 16.7. The highest BCUT2D eigenvalue weighted by Crippen LogP contribution is 2.25. The predicted molar refractivity (Wildman–Crippen MR) is 154 cm³/mol. The Morgan fingerprint density at radius 2 is 0.882 bits per heavy atom. The molecule has 0 aromatic heterocycles. The van der Waals surface area contributed by atoms with Crippen LogP contribution in [0.15, 0.2) is 12.4 Å². The lowest BCUT2D eigenvalue weighted by molar-refractivity contribution is 0.114. The molecule has 0 spiro atoms. The highest BCUT2D eigenvalue weighted by Gasteiger charge is 2.26. The second-order valence-electron chi connectivity index (χ2n) is 11.4. The summed E-state index contributed by atoms with van der Waals surface area (Å²) in [4.78, 5) is 5.25. The first-order valence-electron chi connectivity index (χ1n) is 15.9. The third kappa shape index (κ3) is 16.1. The number of nitrogens with zero attached hydrogens (tertiary/aromatic N) is 2. The van der Waals surface area contributed by atoms with Crippen LogP contribution in [0.5, 0.6) is 0 Å². The Morgan fingerprint density at radius 3 is 1.29 bits per heavy atom. The van der Waals surface area contributed by atoms with Crippen molar-refractivity contribution in [2.75, 3.05) is 6.54 Å². The molecule has 0 aliphatic carbocycles. The molecule has 0 radical (unpaired) electrons. The molecule has 0 aromatic rings. The summed E-state index contributed by atoms with van der Waals surface area (Å²) in [7, 11) is 0. The first-order valence-corrected chi connectivity index (χ1v) is 15.9. The van der Waals surface area contributed by atoms with Crippen molar-refractivity contribution in [1.29, 1.82) is 0 Å². The molecule has 0 saturated heterocycles. The van der Waals surface area contributed by atoms with E-state index in [-0.39, 0.29) is 0 Å². The van der Waals surface area contributed by atoms with Gasteiger partial charge in [-0.2, -0.15) is 0 Å². The van der Waals surface area contributed by atoms with Crippen LogP contribution in [0.2, 0.25) is 0 Å². The molecule has 202 valence electrons. The van der Waals surface area contributed by atoms with Crippen LogP contribution in [-0.2, 0) is 0 Å². The van der Waals surface area contributed by atoms with Gasteiger partial charge in [-0.1, -0.05) is 142 Å². The maximum absolute atomic E-state index is 2.65. The van der Waals surface area contributed by atoms with Crippen LogP contribution in [0.3, 0.4) is 0 Å². The number of rotatable bonds is 25. The fourth-order valence-corrected chi connectivity index (χ4v) is 5.54. The second kappa shape index (κ2) is 22.8. The van der Waals surface area contributed by atoms with Crippen LogP contribution in [0.25, 0.3) is 0 Å². The lowest BCUT2D eigenvalue weighted by Gasteiger charge is -2.35. The van der Waals surface area contributed by atoms with Crippen molar-refractivity contribution in [3.8, 4) is 0 Å². The summed E-state index contributed by atoms with van der Waals surface area (Å²) in [6.07, 6.45) is 38.3. The van der Waals surface area contributed by atoms with E-state index < -0.39 is 0 Å². The number of unbranched alkanes of at least 4 members (excludes halogenated alkanes) is 20. The molecule has 1 rings (SSSR count). The topological polar surface area (TPSA) is 6.48 Å².